The lowest BCUT2D eigenvalue weighted by atomic mass is 9.46. The minimum absolute atomic E-state index is 0.0980. The van der Waals surface area contributed by atoms with Crippen molar-refractivity contribution in [3.05, 3.63) is 11.6 Å². The topological polar surface area (TPSA) is 92.5 Å². The molecule has 0 spiro atoms. The maximum atomic E-state index is 12.7. The number of hydrogen-bond donors (Lipinski definition) is 2. The van der Waals surface area contributed by atoms with Gasteiger partial charge in [0, 0.05) is 30.2 Å². The van der Waals surface area contributed by atoms with E-state index in [1.165, 1.54) is 0 Å². The Hall–Kier alpha value is -1.73. The molecule has 0 aromatic carbocycles. The number of aliphatic hydroxyl groups excluding tert-OH is 1. The number of ketones is 1. The highest BCUT2D eigenvalue weighted by molar-refractivity contribution is 6.10. The molecule has 4 aliphatic carbocycles. The average molecular weight is 430 g/mol. The molecule has 0 bridgehead atoms. The number of carbonyl (C=O) groups excluding carboxylic acids is 1. The lowest BCUT2D eigenvalue weighted by Crippen LogP contribution is -2.55. The van der Waals surface area contributed by atoms with E-state index < -0.39 is 0 Å². The third kappa shape index (κ3) is 3.27. The van der Waals surface area contributed by atoms with Crippen molar-refractivity contribution in [2.24, 2.45) is 38.9 Å². The van der Waals surface area contributed by atoms with E-state index in [2.05, 4.69) is 28.6 Å². The van der Waals surface area contributed by atoms with Gasteiger partial charge in [-0.15, -0.1) is 0 Å². The van der Waals surface area contributed by atoms with Crippen LogP contribution in [0.25, 0.3) is 0 Å². The third-order valence-corrected chi connectivity index (χ3v) is 9.09. The molecule has 5 rings (SSSR count). The van der Waals surface area contributed by atoms with Gasteiger partial charge in [0.05, 0.1) is 18.0 Å². The number of hydrogen-bond acceptors (Lipinski definition) is 7. The summed E-state index contributed by atoms with van der Waals surface area (Å²) in [7, 11) is 1.58. The van der Waals surface area contributed by atoms with Gasteiger partial charge in [0.2, 0.25) is 0 Å². The van der Waals surface area contributed by atoms with Gasteiger partial charge >= 0.3 is 0 Å². The third-order valence-electron chi connectivity index (χ3n) is 9.09. The Morgan fingerprint density at radius 2 is 2.06 bits per heavy atom. The number of aliphatic hydroxyl groups is 1. The molecule has 6 atom stereocenters. The van der Waals surface area contributed by atoms with Gasteiger partial charge in [0.25, 0.3) is 0 Å². The first-order valence-corrected chi connectivity index (χ1v) is 11.9. The summed E-state index contributed by atoms with van der Waals surface area (Å²) in [6.45, 7) is 4.09. The second kappa shape index (κ2) is 8.00. The molecule has 0 aromatic heterocycles. The van der Waals surface area contributed by atoms with Gasteiger partial charge in [-0.25, -0.2) is 0 Å². The van der Waals surface area contributed by atoms with Gasteiger partial charge in [-0.05, 0) is 74.5 Å². The molecule has 4 unspecified atom stereocenters. The number of oxime groups is 2. The van der Waals surface area contributed by atoms with Gasteiger partial charge in [0.15, 0.2) is 0 Å². The van der Waals surface area contributed by atoms with Crippen molar-refractivity contribution >= 4 is 17.2 Å². The molecule has 0 aromatic rings. The van der Waals surface area contributed by atoms with Crippen LogP contribution in [0.4, 0.5) is 0 Å². The molecule has 4 fully saturated rings. The van der Waals surface area contributed by atoms with E-state index in [4.69, 9.17) is 9.68 Å². The summed E-state index contributed by atoms with van der Waals surface area (Å²) in [5.41, 5.74) is 2.37. The summed E-state index contributed by atoms with van der Waals surface area (Å²) < 4.78 is 0. The van der Waals surface area contributed by atoms with Crippen molar-refractivity contribution in [1.82, 2.24) is 5.32 Å². The Labute approximate surface area is 184 Å². The lowest BCUT2D eigenvalue weighted by Gasteiger charge is -2.57. The SMILES string of the molecule is CO/N=C1\CC2C(CC[C@]3(C)C(=O)CCC23)[C@@]2(CO)CCC(=NOC3CCNC3)C=C12. The highest BCUT2D eigenvalue weighted by Crippen LogP contribution is 2.63. The molecule has 170 valence electrons. The summed E-state index contributed by atoms with van der Waals surface area (Å²) in [6.07, 6.45) is 9.22. The number of nitrogens with zero attached hydrogens (tertiary/aromatic N) is 2. The zero-order valence-electron chi connectivity index (χ0n) is 18.7. The molecule has 1 saturated heterocycles. The molecule has 1 aliphatic heterocycles. The minimum Gasteiger partial charge on any atom is -0.399 e. The molecule has 31 heavy (non-hydrogen) atoms. The Balaban J connectivity index is 1.49. The molecule has 2 N–H and O–H groups in total. The summed E-state index contributed by atoms with van der Waals surface area (Å²) >= 11 is 0. The predicted molar refractivity (Wildman–Crippen MR) is 118 cm³/mol. The number of allylic oxidation sites excluding steroid dienone is 1. The molecule has 5 aliphatic rings. The molecule has 1 heterocycles. The van der Waals surface area contributed by atoms with Crippen LogP contribution >= 0.6 is 0 Å². The fourth-order valence-corrected chi connectivity index (χ4v) is 7.40. The number of fused-ring (bicyclic) bond motifs is 5. The predicted octanol–water partition coefficient (Wildman–Crippen LogP) is 2.84. The van der Waals surface area contributed by atoms with Crippen molar-refractivity contribution in [3.8, 4) is 0 Å². The monoisotopic (exact) mass is 429 g/mol. The van der Waals surface area contributed by atoms with Gasteiger partial charge in [-0.3, -0.25) is 4.79 Å². The van der Waals surface area contributed by atoms with Crippen molar-refractivity contribution in [1.29, 1.82) is 0 Å². The van der Waals surface area contributed by atoms with Crippen LogP contribution in [0.3, 0.4) is 0 Å². The maximum Gasteiger partial charge on any atom is 0.141 e. The summed E-state index contributed by atoms with van der Waals surface area (Å²) in [5.74, 6) is 1.53. The van der Waals surface area contributed by atoms with Crippen molar-refractivity contribution in [2.75, 3.05) is 26.8 Å². The van der Waals surface area contributed by atoms with Crippen molar-refractivity contribution < 1.29 is 19.6 Å². The largest absolute Gasteiger partial charge is 0.399 e. The molecule has 3 saturated carbocycles. The van der Waals surface area contributed by atoms with Gasteiger partial charge < -0.3 is 20.1 Å². The van der Waals surface area contributed by atoms with Crippen LogP contribution in [-0.2, 0) is 14.5 Å². The fraction of sp³-hybridized carbons (Fsp3) is 0.792. The normalized spacial score (nSPS) is 44.6. The van der Waals surface area contributed by atoms with E-state index in [0.29, 0.717) is 30.0 Å². The zero-order chi connectivity index (χ0) is 21.6. The Bertz CT molecular complexity index is 831. The quantitative estimate of drug-likeness (QED) is 0.671. The van der Waals surface area contributed by atoms with Crippen LogP contribution in [0.5, 0.6) is 0 Å². The van der Waals surface area contributed by atoms with Crippen LogP contribution in [0, 0.1) is 28.6 Å². The van der Waals surface area contributed by atoms with Crippen molar-refractivity contribution in [3.63, 3.8) is 0 Å². The van der Waals surface area contributed by atoms with E-state index in [9.17, 15) is 9.90 Å². The van der Waals surface area contributed by atoms with Gasteiger partial charge in [-0.1, -0.05) is 17.2 Å². The van der Waals surface area contributed by atoms with E-state index in [0.717, 1.165) is 75.0 Å². The smallest absolute Gasteiger partial charge is 0.141 e. The second-order valence-electron chi connectivity index (χ2n) is 10.4. The van der Waals surface area contributed by atoms with Crippen LogP contribution in [0.1, 0.15) is 58.3 Å². The number of carbonyl (C=O) groups is 1. The Morgan fingerprint density at radius 1 is 1.19 bits per heavy atom. The Morgan fingerprint density at radius 3 is 2.81 bits per heavy atom. The Kier molecular flexibility index (Phi) is 5.45. The summed E-state index contributed by atoms with van der Waals surface area (Å²) in [5, 5.41) is 23.0. The standard InChI is InChI=1S/C24H35N3O4/c1-23-8-6-19-17(18(23)3-4-22(23)29)12-21(27-30-2)20-11-15(5-9-24(19,20)14-28)26-31-16-7-10-25-13-16/h11,16-19,25,28H,3-10,12-14H2,1-2H3/b26-15?,27-21+/t16?,17?,18?,19?,23-,24-/m0/s1. The van der Waals surface area contributed by atoms with E-state index in [1.54, 1.807) is 7.11 Å². The van der Waals surface area contributed by atoms with Crippen LogP contribution in [-0.4, -0.2) is 55.2 Å². The summed E-state index contributed by atoms with van der Waals surface area (Å²) in [6, 6.07) is 0. The van der Waals surface area contributed by atoms with E-state index in [1.807, 2.05) is 0 Å². The second-order valence-corrected chi connectivity index (χ2v) is 10.4. The minimum atomic E-state index is -0.332. The first kappa shape index (κ1) is 21.1. The zero-order valence-corrected chi connectivity index (χ0v) is 18.7. The highest BCUT2D eigenvalue weighted by atomic mass is 16.6. The number of nitrogens with one attached hydrogen (secondary N) is 1. The van der Waals surface area contributed by atoms with Crippen LogP contribution < -0.4 is 5.32 Å². The first-order chi connectivity index (χ1) is 15.0. The maximum absolute atomic E-state index is 12.7. The fourth-order valence-electron chi connectivity index (χ4n) is 7.40. The molecule has 0 amide bonds. The molecule has 7 nitrogen and oxygen atoms in total. The first-order valence-electron chi connectivity index (χ1n) is 11.9. The molecular weight excluding hydrogens is 394 g/mol. The number of rotatable bonds is 4. The lowest BCUT2D eigenvalue weighted by molar-refractivity contribution is -0.132. The van der Waals surface area contributed by atoms with Gasteiger partial charge in [0.1, 0.15) is 19.0 Å². The van der Waals surface area contributed by atoms with E-state index >= 15 is 0 Å². The van der Waals surface area contributed by atoms with Crippen molar-refractivity contribution in [2.45, 2.75) is 64.4 Å². The number of Topliss-reactive ketones (excluding diaryl/α,β-unsaturated/α-hetero) is 1. The molecule has 0 radical (unpaired) electrons. The van der Waals surface area contributed by atoms with E-state index in [-0.39, 0.29) is 23.5 Å². The van der Waals surface area contributed by atoms with Gasteiger partial charge in [-0.2, -0.15) is 0 Å². The van der Waals surface area contributed by atoms with Crippen LogP contribution in [0.15, 0.2) is 22.0 Å². The average Bonchev–Trinajstić information content (AvgIpc) is 3.40. The molecule has 7 heteroatoms. The summed E-state index contributed by atoms with van der Waals surface area (Å²) in [4.78, 5) is 23.8. The van der Waals surface area contributed by atoms with Crippen LogP contribution in [0.2, 0.25) is 0 Å². The molecular formula is C24H35N3O4. The highest BCUT2D eigenvalue weighted by Gasteiger charge is 2.61.